The van der Waals surface area contributed by atoms with Crippen LogP contribution in [0.3, 0.4) is 0 Å². The van der Waals surface area contributed by atoms with E-state index in [1.165, 1.54) is 12.8 Å². The van der Waals surface area contributed by atoms with Crippen LogP contribution in [0.2, 0.25) is 0 Å². The number of hydrogen-bond donors (Lipinski definition) is 1. The Morgan fingerprint density at radius 2 is 1.60 bits per heavy atom. The topological polar surface area (TPSA) is 12.0 Å². The van der Waals surface area contributed by atoms with Crippen LogP contribution in [-0.4, -0.2) is 12.6 Å². The molecule has 0 aliphatic carbocycles. The van der Waals surface area contributed by atoms with Crippen LogP contribution in [0, 0.1) is 0 Å². The Morgan fingerprint density at radius 3 is 1.70 bits per heavy atom. The van der Waals surface area contributed by atoms with Crippen molar-refractivity contribution < 1.29 is 1.43 Å². The molecule has 0 bridgehead atoms. The minimum absolute atomic E-state index is 0. The van der Waals surface area contributed by atoms with Crippen LogP contribution in [0.4, 0.5) is 0 Å². The summed E-state index contributed by atoms with van der Waals surface area (Å²) in [6, 6.07) is 0.653. The molecule has 10 heavy (non-hydrogen) atoms. The first-order chi connectivity index (χ1) is 4.68. The maximum absolute atomic E-state index is 3.30. The zero-order valence-electron chi connectivity index (χ0n) is 8.20. The monoisotopic (exact) mass is 147 g/mol. The number of nitrogens with one attached hydrogen (secondary N) is 1. The van der Waals surface area contributed by atoms with Gasteiger partial charge >= 0.3 is 0 Å². The van der Waals surface area contributed by atoms with Gasteiger partial charge in [-0.25, -0.2) is 0 Å². The van der Waals surface area contributed by atoms with Gasteiger partial charge in [-0.15, -0.1) is 0 Å². The van der Waals surface area contributed by atoms with Crippen LogP contribution in [0.15, 0.2) is 0 Å². The highest BCUT2D eigenvalue weighted by atomic mass is 14.9. The van der Waals surface area contributed by atoms with Gasteiger partial charge in [0.15, 0.2) is 0 Å². The lowest BCUT2D eigenvalue weighted by Crippen LogP contribution is -2.22. The Hall–Kier alpha value is -0.0400. The molecule has 0 unspecified atom stereocenters. The standard InChI is InChI=1S/C6H15N.C3H8.H2/c1-4-5-7-6(2)3;1-3-2;/h6-7H,4-5H2,1-3H3;3H2,1-2H3;1H. The smallest absolute Gasteiger partial charge is 0.00103 e. The minimum Gasteiger partial charge on any atom is -0.315 e. The molecule has 0 aromatic rings. The molecule has 1 nitrogen and oxygen atoms in total. The molecule has 0 aromatic heterocycles. The van der Waals surface area contributed by atoms with Crippen molar-refractivity contribution in [1.29, 1.82) is 0 Å². The van der Waals surface area contributed by atoms with E-state index in [0.717, 1.165) is 6.54 Å². The maximum atomic E-state index is 3.30. The van der Waals surface area contributed by atoms with Gasteiger partial charge < -0.3 is 5.32 Å². The second-order valence-electron chi connectivity index (χ2n) is 2.82. The van der Waals surface area contributed by atoms with Gasteiger partial charge in [-0.1, -0.05) is 41.0 Å². The second-order valence-corrected chi connectivity index (χ2v) is 2.82. The van der Waals surface area contributed by atoms with E-state index >= 15 is 0 Å². The van der Waals surface area contributed by atoms with E-state index in [1.807, 2.05) is 0 Å². The van der Waals surface area contributed by atoms with E-state index in [1.54, 1.807) is 0 Å². The summed E-state index contributed by atoms with van der Waals surface area (Å²) >= 11 is 0. The predicted molar refractivity (Wildman–Crippen MR) is 51.5 cm³/mol. The molecule has 0 radical (unpaired) electrons. The third-order valence-corrected chi connectivity index (χ3v) is 0.803. The van der Waals surface area contributed by atoms with Crippen molar-refractivity contribution in [2.75, 3.05) is 6.54 Å². The average Bonchev–Trinajstić information content (AvgIpc) is 1.85. The Bertz CT molecular complexity index is 46.8. The molecular formula is C9H25N. The molecule has 0 saturated heterocycles. The molecule has 1 heteroatoms. The second kappa shape index (κ2) is 11.7. The summed E-state index contributed by atoms with van der Waals surface area (Å²) in [5, 5.41) is 3.30. The lowest BCUT2D eigenvalue weighted by atomic mass is 10.4. The van der Waals surface area contributed by atoms with Crippen molar-refractivity contribution in [2.24, 2.45) is 0 Å². The van der Waals surface area contributed by atoms with Gasteiger partial charge in [-0.3, -0.25) is 0 Å². The van der Waals surface area contributed by atoms with Crippen molar-refractivity contribution in [3.8, 4) is 0 Å². The largest absolute Gasteiger partial charge is 0.315 e. The van der Waals surface area contributed by atoms with Gasteiger partial charge in [-0.05, 0) is 13.0 Å². The maximum Gasteiger partial charge on any atom is 0.00103 e. The van der Waals surface area contributed by atoms with Crippen LogP contribution in [-0.2, 0) is 0 Å². The zero-order valence-corrected chi connectivity index (χ0v) is 8.20. The number of hydrogen-bond acceptors (Lipinski definition) is 1. The third kappa shape index (κ3) is 24.6. The SMILES string of the molecule is CCC.CCCNC(C)C.[HH]. The first-order valence-electron chi connectivity index (χ1n) is 4.42. The predicted octanol–water partition coefficient (Wildman–Crippen LogP) is 3.06. The summed E-state index contributed by atoms with van der Waals surface area (Å²) in [4.78, 5) is 0. The number of rotatable bonds is 3. The van der Waals surface area contributed by atoms with E-state index in [-0.39, 0.29) is 1.43 Å². The van der Waals surface area contributed by atoms with E-state index in [2.05, 4.69) is 39.9 Å². The summed E-state index contributed by atoms with van der Waals surface area (Å²) in [6.45, 7) is 11.9. The lowest BCUT2D eigenvalue weighted by Gasteiger charge is -2.03. The fourth-order valence-corrected chi connectivity index (χ4v) is 0.433. The summed E-state index contributed by atoms with van der Waals surface area (Å²) < 4.78 is 0. The summed E-state index contributed by atoms with van der Waals surface area (Å²) in [5.74, 6) is 0. The molecule has 0 aliphatic heterocycles. The van der Waals surface area contributed by atoms with E-state index in [0.29, 0.717) is 6.04 Å². The van der Waals surface area contributed by atoms with Crippen LogP contribution >= 0.6 is 0 Å². The molecule has 0 spiro atoms. The molecule has 0 amide bonds. The van der Waals surface area contributed by atoms with Gasteiger partial charge in [0.2, 0.25) is 0 Å². The third-order valence-electron chi connectivity index (χ3n) is 0.803. The molecule has 0 atom stereocenters. The molecule has 66 valence electrons. The zero-order chi connectivity index (χ0) is 8.41. The minimum atomic E-state index is 0. The van der Waals surface area contributed by atoms with Crippen LogP contribution < -0.4 is 5.32 Å². The molecule has 0 saturated carbocycles. The lowest BCUT2D eigenvalue weighted by molar-refractivity contribution is 0.584. The summed E-state index contributed by atoms with van der Waals surface area (Å²) in [6.07, 6.45) is 2.48. The van der Waals surface area contributed by atoms with Crippen molar-refractivity contribution in [1.82, 2.24) is 5.32 Å². The highest BCUT2D eigenvalue weighted by Crippen LogP contribution is 1.76. The quantitative estimate of drug-likeness (QED) is 0.647. The van der Waals surface area contributed by atoms with Crippen molar-refractivity contribution in [2.45, 2.75) is 53.5 Å². The molecule has 1 N–H and O–H groups in total. The average molecular weight is 147 g/mol. The highest BCUT2D eigenvalue weighted by molar-refractivity contribution is 4.48. The molecular weight excluding hydrogens is 122 g/mol. The van der Waals surface area contributed by atoms with Crippen LogP contribution in [0.5, 0.6) is 0 Å². The first kappa shape index (κ1) is 12.6. The van der Waals surface area contributed by atoms with Crippen molar-refractivity contribution in [3.05, 3.63) is 0 Å². The van der Waals surface area contributed by atoms with Gasteiger partial charge in [0, 0.05) is 7.47 Å². The fraction of sp³-hybridized carbons (Fsp3) is 1.00. The van der Waals surface area contributed by atoms with Crippen LogP contribution in [0.25, 0.3) is 0 Å². The molecule has 0 aliphatic rings. The summed E-state index contributed by atoms with van der Waals surface area (Å²) in [5.41, 5.74) is 0. The Kier molecular flexibility index (Phi) is 14.8. The molecule has 0 aromatic carbocycles. The molecule has 0 heterocycles. The Balaban J connectivity index is -0.000000140. The van der Waals surface area contributed by atoms with Gasteiger partial charge in [-0.2, -0.15) is 0 Å². The van der Waals surface area contributed by atoms with Gasteiger partial charge in [0.25, 0.3) is 0 Å². The molecule has 0 fully saturated rings. The van der Waals surface area contributed by atoms with Crippen molar-refractivity contribution >= 4 is 0 Å². The van der Waals surface area contributed by atoms with E-state index in [4.69, 9.17) is 0 Å². The van der Waals surface area contributed by atoms with Gasteiger partial charge in [0.05, 0.1) is 0 Å². The highest BCUT2D eigenvalue weighted by Gasteiger charge is 1.85. The Labute approximate surface area is 67.7 Å². The molecule has 0 rings (SSSR count). The summed E-state index contributed by atoms with van der Waals surface area (Å²) in [7, 11) is 0. The van der Waals surface area contributed by atoms with Crippen molar-refractivity contribution in [3.63, 3.8) is 0 Å². The Morgan fingerprint density at radius 1 is 1.20 bits per heavy atom. The van der Waals surface area contributed by atoms with Crippen LogP contribution in [0.1, 0.15) is 48.9 Å². The van der Waals surface area contributed by atoms with Gasteiger partial charge in [0.1, 0.15) is 0 Å². The van der Waals surface area contributed by atoms with E-state index in [9.17, 15) is 0 Å². The normalized spacial score (nSPS) is 9.00. The first-order valence-corrected chi connectivity index (χ1v) is 4.42. The van der Waals surface area contributed by atoms with E-state index < -0.39 is 0 Å². The fourth-order valence-electron chi connectivity index (χ4n) is 0.433.